The number of pyridine rings is 1. The second kappa shape index (κ2) is 3.71. The maximum absolute atomic E-state index is 10.6. The number of rotatable bonds is 1. The van der Waals surface area contributed by atoms with Crippen LogP contribution in [0, 0.1) is 17.0 Å². The Labute approximate surface area is 99.0 Å². The molecule has 0 saturated heterocycles. The van der Waals surface area contributed by atoms with Gasteiger partial charge in [0.2, 0.25) is 5.75 Å². The van der Waals surface area contributed by atoms with Crippen LogP contribution in [0.2, 0.25) is 0 Å². The first kappa shape index (κ1) is 10.8. The summed E-state index contributed by atoms with van der Waals surface area (Å²) in [4.78, 5) is 13.9. The van der Waals surface area contributed by atoms with Crippen LogP contribution in [-0.2, 0) is 0 Å². The van der Waals surface area contributed by atoms with Crippen molar-refractivity contribution in [1.29, 1.82) is 0 Å². The quantitative estimate of drug-likeness (QED) is 0.644. The molecule has 0 spiro atoms. The van der Waals surface area contributed by atoms with Crippen LogP contribution in [0.5, 0.6) is 5.75 Å². The van der Waals surface area contributed by atoms with Crippen molar-refractivity contribution in [3.63, 3.8) is 0 Å². The summed E-state index contributed by atoms with van der Waals surface area (Å²) in [5, 5.41) is 20.7. The Kier molecular flexibility index (Phi) is 2.51. The van der Waals surface area contributed by atoms with Crippen molar-refractivity contribution in [2.75, 3.05) is 0 Å². The number of hydrogen-bond donors (Lipinski definition) is 1. The van der Waals surface area contributed by atoms with Gasteiger partial charge in [0.1, 0.15) is 6.20 Å². The van der Waals surface area contributed by atoms with E-state index in [0.29, 0.717) is 10.9 Å². The van der Waals surface area contributed by atoms with Gasteiger partial charge >= 0.3 is 5.69 Å². The Morgan fingerprint density at radius 2 is 2.19 bits per heavy atom. The zero-order valence-corrected chi connectivity index (χ0v) is 9.85. The minimum Gasteiger partial charge on any atom is -0.502 e. The van der Waals surface area contributed by atoms with Gasteiger partial charge in [-0.25, -0.2) is 4.98 Å². The lowest BCUT2D eigenvalue weighted by molar-refractivity contribution is -0.386. The van der Waals surface area contributed by atoms with Crippen molar-refractivity contribution in [3.05, 3.63) is 38.5 Å². The summed E-state index contributed by atoms with van der Waals surface area (Å²) in [6.45, 7) is 1.84. The zero-order valence-electron chi connectivity index (χ0n) is 8.27. The molecule has 0 saturated carbocycles. The van der Waals surface area contributed by atoms with Gasteiger partial charge in [0.25, 0.3) is 0 Å². The van der Waals surface area contributed by atoms with E-state index in [1.165, 1.54) is 0 Å². The monoisotopic (exact) mass is 282 g/mol. The normalized spacial score (nSPS) is 10.6. The van der Waals surface area contributed by atoms with E-state index in [0.717, 1.165) is 16.2 Å². The van der Waals surface area contributed by atoms with Gasteiger partial charge in [-0.3, -0.25) is 10.1 Å². The molecule has 0 fully saturated rings. The van der Waals surface area contributed by atoms with E-state index in [1.807, 2.05) is 6.92 Å². The molecule has 0 radical (unpaired) electrons. The standard InChI is InChI=1S/C10H7BrN2O3/c1-5-2-6-8(3-7(5)11)12-4-9(10(6)14)13(15)16/h2-4H,1H3,(H,12,14). The first-order valence-corrected chi connectivity index (χ1v) is 5.22. The van der Waals surface area contributed by atoms with Gasteiger partial charge in [-0.05, 0) is 24.6 Å². The summed E-state index contributed by atoms with van der Waals surface area (Å²) < 4.78 is 0.848. The largest absolute Gasteiger partial charge is 0.502 e. The molecule has 5 nitrogen and oxygen atoms in total. The molecule has 16 heavy (non-hydrogen) atoms. The Morgan fingerprint density at radius 3 is 2.81 bits per heavy atom. The van der Waals surface area contributed by atoms with Crippen molar-refractivity contribution < 1.29 is 10.0 Å². The molecule has 0 aliphatic heterocycles. The number of aryl methyl sites for hydroxylation is 1. The smallest absolute Gasteiger partial charge is 0.329 e. The molecule has 0 unspecified atom stereocenters. The third-order valence-corrected chi connectivity index (χ3v) is 3.15. The number of nitrogens with zero attached hydrogens (tertiary/aromatic N) is 2. The lowest BCUT2D eigenvalue weighted by atomic mass is 10.1. The first-order chi connectivity index (χ1) is 7.50. The van der Waals surface area contributed by atoms with Crippen molar-refractivity contribution in [3.8, 4) is 5.75 Å². The summed E-state index contributed by atoms with van der Waals surface area (Å²) in [6.07, 6.45) is 1.05. The van der Waals surface area contributed by atoms with E-state index in [4.69, 9.17) is 0 Å². The van der Waals surface area contributed by atoms with Crippen LogP contribution in [0.1, 0.15) is 5.56 Å². The van der Waals surface area contributed by atoms with Crippen LogP contribution < -0.4 is 0 Å². The maximum atomic E-state index is 10.6. The lowest BCUT2D eigenvalue weighted by Crippen LogP contribution is -1.92. The average molecular weight is 283 g/mol. The SMILES string of the molecule is Cc1cc2c(O)c([N+](=O)[O-])cnc2cc1Br. The predicted octanol–water partition coefficient (Wildman–Crippen LogP) is 2.92. The molecule has 0 bridgehead atoms. The number of benzene rings is 1. The predicted molar refractivity (Wildman–Crippen MR) is 62.5 cm³/mol. The summed E-state index contributed by atoms with van der Waals surface area (Å²) in [6, 6.07) is 3.38. The fourth-order valence-corrected chi connectivity index (χ4v) is 1.76. The molecule has 1 heterocycles. The second-order valence-corrected chi connectivity index (χ2v) is 4.22. The number of hydrogen-bond acceptors (Lipinski definition) is 4. The molecule has 2 rings (SSSR count). The van der Waals surface area contributed by atoms with Crippen LogP contribution in [0.4, 0.5) is 5.69 Å². The summed E-state index contributed by atoms with van der Waals surface area (Å²) in [5.74, 6) is -0.342. The van der Waals surface area contributed by atoms with Crippen molar-refractivity contribution >= 4 is 32.5 Å². The molecule has 2 aromatic rings. The molecule has 0 amide bonds. The third-order valence-electron chi connectivity index (χ3n) is 2.30. The summed E-state index contributed by atoms with van der Waals surface area (Å²) in [5.41, 5.74) is 1.01. The van der Waals surface area contributed by atoms with Gasteiger partial charge in [0.15, 0.2) is 0 Å². The summed E-state index contributed by atoms with van der Waals surface area (Å²) in [7, 11) is 0. The van der Waals surface area contributed by atoms with Gasteiger partial charge in [-0.15, -0.1) is 0 Å². The molecular formula is C10H7BrN2O3. The molecule has 1 N–H and O–H groups in total. The topological polar surface area (TPSA) is 76.3 Å². The zero-order chi connectivity index (χ0) is 11.9. The lowest BCUT2D eigenvalue weighted by Gasteiger charge is -2.04. The molecular weight excluding hydrogens is 276 g/mol. The Balaban J connectivity index is 2.84. The Hall–Kier alpha value is -1.69. The Morgan fingerprint density at radius 1 is 1.50 bits per heavy atom. The molecule has 1 aromatic carbocycles. The fourth-order valence-electron chi connectivity index (χ4n) is 1.43. The number of aromatic nitrogens is 1. The van der Waals surface area contributed by atoms with Crippen LogP contribution in [0.3, 0.4) is 0 Å². The number of nitro groups is 1. The van der Waals surface area contributed by atoms with Crippen LogP contribution in [-0.4, -0.2) is 15.0 Å². The van der Waals surface area contributed by atoms with Gasteiger partial charge in [0.05, 0.1) is 10.4 Å². The minimum atomic E-state index is -0.654. The van der Waals surface area contributed by atoms with Crippen LogP contribution in [0.15, 0.2) is 22.8 Å². The van der Waals surface area contributed by atoms with Crippen LogP contribution in [0.25, 0.3) is 10.9 Å². The molecule has 0 aliphatic rings. The van der Waals surface area contributed by atoms with Gasteiger partial charge in [0, 0.05) is 9.86 Å². The number of aromatic hydroxyl groups is 1. The Bertz CT molecular complexity index is 598. The molecule has 82 valence electrons. The number of halogens is 1. The van der Waals surface area contributed by atoms with E-state index in [-0.39, 0.29) is 11.4 Å². The van der Waals surface area contributed by atoms with E-state index < -0.39 is 4.92 Å². The second-order valence-electron chi connectivity index (χ2n) is 3.37. The maximum Gasteiger partial charge on any atom is 0.329 e. The van der Waals surface area contributed by atoms with Crippen molar-refractivity contribution in [2.24, 2.45) is 0 Å². The number of fused-ring (bicyclic) bond motifs is 1. The molecule has 1 aromatic heterocycles. The fraction of sp³-hybridized carbons (Fsp3) is 0.100. The van der Waals surface area contributed by atoms with Gasteiger partial charge in [-0.1, -0.05) is 15.9 Å². The molecule has 0 atom stereocenters. The highest BCUT2D eigenvalue weighted by Crippen LogP contribution is 2.34. The van der Waals surface area contributed by atoms with E-state index >= 15 is 0 Å². The molecule has 6 heteroatoms. The van der Waals surface area contributed by atoms with Gasteiger partial charge in [-0.2, -0.15) is 0 Å². The average Bonchev–Trinajstić information content (AvgIpc) is 2.21. The van der Waals surface area contributed by atoms with Gasteiger partial charge < -0.3 is 5.11 Å². The third kappa shape index (κ3) is 1.61. The van der Waals surface area contributed by atoms with E-state index in [2.05, 4.69) is 20.9 Å². The minimum absolute atomic E-state index is 0.342. The summed E-state index contributed by atoms with van der Waals surface area (Å²) >= 11 is 3.33. The van der Waals surface area contributed by atoms with E-state index in [1.54, 1.807) is 12.1 Å². The molecule has 0 aliphatic carbocycles. The highest BCUT2D eigenvalue weighted by atomic mass is 79.9. The highest BCUT2D eigenvalue weighted by Gasteiger charge is 2.17. The van der Waals surface area contributed by atoms with Crippen LogP contribution >= 0.6 is 15.9 Å². The van der Waals surface area contributed by atoms with Crippen molar-refractivity contribution in [1.82, 2.24) is 4.98 Å². The first-order valence-electron chi connectivity index (χ1n) is 4.43. The van der Waals surface area contributed by atoms with E-state index in [9.17, 15) is 15.2 Å². The van der Waals surface area contributed by atoms with Crippen molar-refractivity contribution in [2.45, 2.75) is 6.92 Å². The highest BCUT2D eigenvalue weighted by molar-refractivity contribution is 9.10.